The summed E-state index contributed by atoms with van der Waals surface area (Å²) in [5, 5.41) is 3.17. The maximum atomic E-state index is 10.3. The number of rotatable bonds is 2. The molecule has 2 heterocycles. The van der Waals surface area contributed by atoms with E-state index < -0.39 is 0 Å². The summed E-state index contributed by atoms with van der Waals surface area (Å²) < 4.78 is 1.15. The van der Waals surface area contributed by atoms with E-state index in [1.807, 2.05) is 17.6 Å². The maximum absolute atomic E-state index is 10.3. The van der Waals surface area contributed by atoms with Crippen molar-refractivity contribution >= 4 is 27.7 Å². The molecule has 2 nitrogen and oxygen atoms in total. The molecule has 3 heteroatoms. The van der Waals surface area contributed by atoms with Crippen molar-refractivity contribution in [2.75, 3.05) is 0 Å². The molecule has 2 aromatic heterocycles. The summed E-state index contributed by atoms with van der Waals surface area (Å²) >= 11 is 1.63. The Kier molecular flexibility index (Phi) is 1.87. The SMILES string of the molecule is O=CCc1csc2cnccc12. The third-order valence-electron chi connectivity index (χ3n) is 1.76. The number of nitrogens with zero attached hydrogens (tertiary/aromatic N) is 1. The number of thiophene rings is 1. The topological polar surface area (TPSA) is 30.0 Å². The molecular weight excluding hydrogens is 170 g/mol. The molecule has 0 N–H and O–H groups in total. The van der Waals surface area contributed by atoms with Crippen LogP contribution in [-0.2, 0) is 11.2 Å². The Morgan fingerprint density at radius 1 is 1.58 bits per heavy atom. The van der Waals surface area contributed by atoms with Gasteiger partial charge in [0, 0.05) is 18.8 Å². The highest BCUT2D eigenvalue weighted by Gasteiger charge is 2.01. The lowest BCUT2D eigenvalue weighted by Gasteiger charge is -1.90. The first-order valence-corrected chi connectivity index (χ1v) is 4.53. The number of carbonyl (C=O) groups is 1. The fourth-order valence-corrected chi connectivity index (χ4v) is 2.13. The molecule has 0 saturated carbocycles. The van der Waals surface area contributed by atoms with E-state index in [1.165, 1.54) is 0 Å². The molecule has 60 valence electrons. The van der Waals surface area contributed by atoms with Crippen molar-refractivity contribution in [3.63, 3.8) is 0 Å². The number of aromatic nitrogens is 1. The van der Waals surface area contributed by atoms with E-state index in [1.54, 1.807) is 17.5 Å². The van der Waals surface area contributed by atoms with E-state index in [4.69, 9.17) is 0 Å². The molecule has 0 radical (unpaired) electrons. The van der Waals surface area contributed by atoms with Crippen LogP contribution in [0.4, 0.5) is 0 Å². The molecule has 0 fully saturated rings. The number of pyridine rings is 1. The van der Waals surface area contributed by atoms with Gasteiger partial charge in [0.15, 0.2) is 0 Å². The van der Waals surface area contributed by atoms with Crippen molar-refractivity contribution in [2.24, 2.45) is 0 Å². The van der Waals surface area contributed by atoms with Gasteiger partial charge >= 0.3 is 0 Å². The Morgan fingerprint density at radius 2 is 2.50 bits per heavy atom. The maximum Gasteiger partial charge on any atom is 0.124 e. The first kappa shape index (κ1) is 7.43. The first-order chi connectivity index (χ1) is 5.92. The fraction of sp³-hybridized carbons (Fsp3) is 0.111. The van der Waals surface area contributed by atoms with Gasteiger partial charge in [0.2, 0.25) is 0 Å². The van der Waals surface area contributed by atoms with Gasteiger partial charge < -0.3 is 4.79 Å². The van der Waals surface area contributed by atoms with Crippen molar-refractivity contribution in [1.82, 2.24) is 4.98 Å². The summed E-state index contributed by atoms with van der Waals surface area (Å²) in [6.45, 7) is 0. The van der Waals surface area contributed by atoms with Gasteiger partial charge in [0.05, 0.1) is 4.70 Å². The average molecular weight is 177 g/mol. The molecule has 0 unspecified atom stereocenters. The molecule has 2 rings (SSSR count). The number of fused-ring (bicyclic) bond motifs is 1. The van der Waals surface area contributed by atoms with Crippen LogP contribution in [0.3, 0.4) is 0 Å². The highest BCUT2D eigenvalue weighted by molar-refractivity contribution is 7.17. The summed E-state index contributed by atoms with van der Waals surface area (Å²) in [4.78, 5) is 14.3. The quantitative estimate of drug-likeness (QED) is 0.657. The fourth-order valence-electron chi connectivity index (χ4n) is 1.19. The summed E-state index contributed by atoms with van der Waals surface area (Å²) in [7, 11) is 0. The van der Waals surface area contributed by atoms with Crippen LogP contribution in [0.1, 0.15) is 5.56 Å². The smallest absolute Gasteiger partial charge is 0.124 e. The minimum atomic E-state index is 0.504. The van der Waals surface area contributed by atoms with Crippen LogP contribution in [0.15, 0.2) is 23.8 Å². The zero-order chi connectivity index (χ0) is 8.39. The molecule has 0 spiro atoms. The summed E-state index contributed by atoms with van der Waals surface area (Å²) in [6, 6.07) is 1.95. The standard InChI is InChI=1S/C9H7NOS/c11-4-2-7-6-12-9-5-10-3-1-8(7)9/h1,3-6H,2H2. The zero-order valence-electron chi connectivity index (χ0n) is 6.36. The molecule has 0 aliphatic rings. The summed E-state index contributed by atoms with van der Waals surface area (Å²) in [5.41, 5.74) is 1.10. The molecule has 12 heavy (non-hydrogen) atoms. The number of aldehydes is 1. The van der Waals surface area contributed by atoms with Gasteiger partial charge in [-0.2, -0.15) is 0 Å². The van der Waals surface area contributed by atoms with E-state index in [9.17, 15) is 4.79 Å². The molecule has 2 aromatic rings. The molecule has 0 bridgehead atoms. The molecule has 0 amide bonds. The lowest BCUT2D eigenvalue weighted by Crippen LogP contribution is -1.81. The van der Waals surface area contributed by atoms with Gasteiger partial charge in [-0.05, 0) is 22.4 Å². The Hall–Kier alpha value is -1.22. The van der Waals surface area contributed by atoms with E-state index in [0.717, 1.165) is 21.9 Å². The van der Waals surface area contributed by atoms with Crippen molar-refractivity contribution in [3.05, 3.63) is 29.4 Å². The van der Waals surface area contributed by atoms with Gasteiger partial charge in [0.1, 0.15) is 6.29 Å². The van der Waals surface area contributed by atoms with Crippen molar-refractivity contribution in [1.29, 1.82) is 0 Å². The van der Waals surface area contributed by atoms with Crippen LogP contribution in [0.25, 0.3) is 10.1 Å². The van der Waals surface area contributed by atoms with Gasteiger partial charge in [-0.1, -0.05) is 0 Å². The third kappa shape index (κ3) is 1.12. The van der Waals surface area contributed by atoms with Crippen molar-refractivity contribution in [2.45, 2.75) is 6.42 Å². The van der Waals surface area contributed by atoms with Crippen LogP contribution in [0, 0.1) is 0 Å². The van der Waals surface area contributed by atoms with E-state index in [2.05, 4.69) is 4.98 Å². The van der Waals surface area contributed by atoms with Gasteiger partial charge in [-0.25, -0.2) is 0 Å². The lowest BCUT2D eigenvalue weighted by atomic mass is 10.2. The minimum Gasteiger partial charge on any atom is -0.303 e. The average Bonchev–Trinajstić information content (AvgIpc) is 2.50. The number of hydrogen-bond acceptors (Lipinski definition) is 3. The summed E-state index contributed by atoms with van der Waals surface area (Å²) in [6.07, 6.45) is 5.02. The molecule has 0 aromatic carbocycles. The zero-order valence-corrected chi connectivity index (χ0v) is 7.17. The molecule has 0 atom stereocenters. The van der Waals surface area contributed by atoms with Crippen LogP contribution in [0.5, 0.6) is 0 Å². The van der Waals surface area contributed by atoms with Crippen LogP contribution in [-0.4, -0.2) is 11.3 Å². The van der Waals surface area contributed by atoms with E-state index in [-0.39, 0.29) is 0 Å². The number of carbonyl (C=O) groups excluding carboxylic acids is 1. The second-order valence-corrected chi connectivity index (χ2v) is 3.41. The Morgan fingerprint density at radius 3 is 3.33 bits per heavy atom. The predicted molar refractivity (Wildman–Crippen MR) is 49.4 cm³/mol. The van der Waals surface area contributed by atoms with Gasteiger partial charge in [-0.15, -0.1) is 11.3 Å². The largest absolute Gasteiger partial charge is 0.303 e. The molecule has 0 aliphatic heterocycles. The van der Waals surface area contributed by atoms with E-state index in [0.29, 0.717) is 6.42 Å². The normalized spacial score (nSPS) is 10.3. The second-order valence-electron chi connectivity index (χ2n) is 2.50. The number of hydrogen-bond donors (Lipinski definition) is 0. The first-order valence-electron chi connectivity index (χ1n) is 3.65. The van der Waals surface area contributed by atoms with Crippen LogP contribution >= 0.6 is 11.3 Å². The van der Waals surface area contributed by atoms with Crippen molar-refractivity contribution in [3.8, 4) is 0 Å². The van der Waals surface area contributed by atoms with E-state index >= 15 is 0 Å². The molecule has 0 aliphatic carbocycles. The highest BCUT2D eigenvalue weighted by atomic mass is 32.1. The molecular formula is C9H7NOS. The highest BCUT2D eigenvalue weighted by Crippen LogP contribution is 2.24. The van der Waals surface area contributed by atoms with Crippen LogP contribution < -0.4 is 0 Å². The predicted octanol–water partition coefficient (Wildman–Crippen LogP) is 2.04. The Bertz CT molecular complexity index is 408. The Labute approximate surface area is 73.9 Å². The van der Waals surface area contributed by atoms with Crippen molar-refractivity contribution < 1.29 is 4.79 Å². The van der Waals surface area contributed by atoms with Gasteiger partial charge in [0.25, 0.3) is 0 Å². The summed E-state index contributed by atoms with van der Waals surface area (Å²) in [5.74, 6) is 0. The lowest BCUT2D eigenvalue weighted by molar-refractivity contribution is -0.107. The Balaban J connectivity index is 2.62. The van der Waals surface area contributed by atoms with Gasteiger partial charge in [-0.3, -0.25) is 4.98 Å². The third-order valence-corrected chi connectivity index (χ3v) is 2.74. The second kappa shape index (κ2) is 3.03. The van der Waals surface area contributed by atoms with Crippen LogP contribution in [0.2, 0.25) is 0 Å². The monoisotopic (exact) mass is 177 g/mol. The minimum absolute atomic E-state index is 0.504. The molecule has 0 saturated heterocycles.